The van der Waals surface area contributed by atoms with Crippen LogP contribution in [-0.2, 0) is 46.2 Å². The van der Waals surface area contributed by atoms with E-state index in [2.05, 4.69) is 56.8 Å². The largest absolute Gasteiger partial charge is 0.453 e. The highest BCUT2D eigenvalue weighted by atomic mass is 16.5. The summed E-state index contributed by atoms with van der Waals surface area (Å²) in [5, 5.41) is 5.29. The van der Waals surface area contributed by atoms with Crippen molar-refractivity contribution >= 4 is 58.4 Å². The Morgan fingerprint density at radius 1 is 0.640 bits per heavy atom. The molecule has 1 aromatic heterocycles. The van der Waals surface area contributed by atoms with Gasteiger partial charge in [0, 0.05) is 67.8 Å². The molecule has 4 aliphatic heterocycles. The van der Waals surface area contributed by atoms with Crippen molar-refractivity contribution in [1.82, 2.24) is 25.4 Å². The molecule has 400 valence electrons. The van der Waals surface area contributed by atoms with Crippen molar-refractivity contribution in [2.75, 3.05) is 74.9 Å². The molecular weight excluding hydrogens is 955 g/mol. The molecular formula is C57H73N9O9. The topological polar surface area (TPSA) is 232 Å². The highest BCUT2D eigenvalue weighted by molar-refractivity contribution is 5.95. The number of carbonyl (C=O) groups excluding carboxylic acids is 6. The number of Topliss-reactive ketones (excluding diaryl/α,β-unsaturated/α-hetero) is 2. The van der Waals surface area contributed by atoms with Crippen LogP contribution < -0.4 is 31.9 Å². The van der Waals surface area contributed by atoms with Crippen LogP contribution >= 0.6 is 0 Å². The maximum atomic E-state index is 14.0. The summed E-state index contributed by atoms with van der Waals surface area (Å²) in [5.41, 5.74) is 20.9. The summed E-state index contributed by atoms with van der Waals surface area (Å²) < 4.78 is 15.1. The molecule has 6 N–H and O–H groups in total. The Morgan fingerprint density at radius 2 is 1.15 bits per heavy atom. The van der Waals surface area contributed by atoms with Gasteiger partial charge in [0.2, 0.25) is 11.8 Å². The molecule has 0 saturated carbocycles. The molecule has 4 saturated heterocycles. The number of nitrogens with one attached hydrogen (secondary N) is 2. The number of nitrogens with two attached hydrogens (primary N) is 2. The van der Waals surface area contributed by atoms with Gasteiger partial charge in [0.1, 0.15) is 17.9 Å². The molecule has 75 heavy (non-hydrogen) atoms. The minimum absolute atomic E-state index is 0.0447. The number of pyridine rings is 1. The number of hydrogen-bond acceptors (Lipinski definition) is 14. The minimum atomic E-state index is -0.834. The van der Waals surface area contributed by atoms with Crippen molar-refractivity contribution in [3.05, 3.63) is 101 Å². The fraction of sp³-hybridized carbons (Fsp3) is 0.491. The Bertz CT molecular complexity index is 2600. The highest BCUT2D eigenvalue weighted by Crippen LogP contribution is 2.48. The zero-order chi connectivity index (χ0) is 53.5. The number of hydrogen-bond donors (Lipinski definition) is 4. The number of rotatable bonds is 17. The second kappa shape index (κ2) is 24.0. The van der Waals surface area contributed by atoms with E-state index in [0.29, 0.717) is 74.5 Å². The fourth-order valence-electron chi connectivity index (χ4n) is 11.3. The van der Waals surface area contributed by atoms with Crippen LogP contribution in [0.4, 0.5) is 32.5 Å². The minimum Gasteiger partial charge on any atom is -0.453 e. The third-order valence-electron chi connectivity index (χ3n) is 15.4. The first-order chi connectivity index (χ1) is 36.1. The lowest BCUT2D eigenvalue weighted by Gasteiger charge is -2.34. The maximum absolute atomic E-state index is 14.0. The Labute approximate surface area is 439 Å². The molecule has 0 unspecified atom stereocenters. The first-order valence-corrected chi connectivity index (χ1v) is 26.4. The van der Waals surface area contributed by atoms with Crippen molar-refractivity contribution in [2.24, 2.45) is 11.8 Å². The zero-order valence-corrected chi connectivity index (χ0v) is 44.1. The summed E-state index contributed by atoms with van der Waals surface area (Å²) in [6.07, 6.45) is 4.52. The molecule has 0 bridgehead atoms. The van der Waals surface area contributed by atoms with E-state index in [4.69, 9.17) is 30.7 Å². The molecule has 4 aromatic rings. The van der Waals surface area contributed by atoms with E-state index in [1.165, 1.54) is 14.2 Å². The summed E-state index contributed by atoms with van der Waals surface area (Å²) in [6, 6.07) is 21.2. The molecule has 6 atom stereocenters. The van der Waals surface area contributed by atoms with Gasteiger partial charge in [-0.05, 0) is 115 Å². The molecule has 5 heterocycles. The maximum Gasteiger partial charge on any atom is 0.407 e. The van der Waals surface area contributed by atoms with Crippen LogP contribution in [0.15, 0.2) is 79.0 Å². The SMILES string of the molecule is COC(=O)N[C@H](C(=O)N1CCC[C@H]1C(=O)Cc1ccc([C@H]2CC[C@H](c3ccc(CC(=O)[C@@H]4CCCN4C(=O)[C@@H](NC(=O)OC)C(C)C)c(N)c3)N2c2cccc(-c3ccc(N4CCOCC4)nc3)c2)cc1N)C(C)C. The van der Waals surface area contributed by atoms with Crippen LogP contribution in [0.5, 0.6) is 0 Å². The molecule has 4 fully saturated rings. The van der Waals surface area contributed by atoms with Crippen LogP contribution in [0.3, 0.4) is 0 Å². The van der Waals surface area contributed by atoms with Gasteiger partial charge in [0.25, 0.3) is 0 Å². The standard InChI is InChI=1S/C57H73N9O9/c1-34(2)52(61-56(71)73-5)54(69)64-22-8-12-47(64)49(67)31-37-14-16-39(29-43(37)58)45-19-20-46(66(45)42-11-7-10-36(28-42)41-18-21-51(60-33-41)63-24-26-75-27-25-63)40-17-15-38(44(59)30-40)32-50(68)48-13-9-23-65(48)55(70)53(35(3)4)62-57(72)74-6/h7,10-11,14-18,21,28-30,33-35,45-48,52-53H,8-9,12-13,19-20,22-27,31-32,58-59H2,1-6H3,(H,61,71)(H,62,72)/t45-,46-,47+,48+,52+,53+/m1/s1. The van der Waals surface area contributed by atoms with Gasteiger partial charge in [-0.2, -0.15) is 0 Å². The van der Waals surface area contributed by atoms with Gasteiger partial charge in [-0.3, -0.25) is 19.2 Å². The third kappa shape index (κ3) is 12.2. The Kier molecular flexibility index (Phi) is 17.3. The Hall–Kier alpha value is -7.21. The second-order valence-electron chi connectivity index (χ2n) is 20.9. The number of carbonyl (C=O) groups is 6. The number of nitrogens with zero attached hydrogens (tertiary/aromatic N) is 5. The number of likely N-dealkylation sites (tertiary alicyclic amines) is 2. The number of benzene rings is 3. The smallest absolute Gasteiger partial charge is 0.407 e. The summed E-state index contributed by atoms with van der Waals surface area (Å²) in [6.45, 7) is 11.1. The van der Waals surface area contributed by atoms with Gasteiger partial charge in [0.15, 0.2) is 11.6 Å². The van der Waals surface area contributed by atoms with Crippen molar-refractivity contribution in [2.45, 2.75) is 115 Å². The van der Waals surface area contributed by atoms with E-state index in [1.807, 2.05) is 70.3 Å². The van der Waals surface area contributed by atoms with Crippen LogP contribution in [-0.4, -0.2) is 128 Å². The lowest BCUT2D eigenvalue weighted by atomic mass is 9.95. The number of methoxy groups -OCH3 is 2. The normalized spacial score (nSPS) is 20.5. The van der Waals surface area contributed by atoms with E-state index in [9.17, 15) is 28.8 Å². The van der Waals surface area contributed by atoms with E-state index in [0.717, 1.165) is 59.7 Å². The summed E-state index contributed by atoms with van der Waals surface area (Å²) in [4.78, 5) is 92.5. The van der Waals surface area contributed by atoms with Crippen molar-refractivity contribution in [3.8, 4) is 11.1 Å². The number of morpholine rings is 1. The average molecular weight is 1030 g/mol. The zero-order valence-electron chi connectivity index (χ0n) is 44.1. The van der Waals surface area contributed by atoms with Gasteiger partial charge < -0.3 is 55.9 Å². The number of aromatic nitrogens is 1. The third-order valence-corrected chi connectivity index (χ3v) is 15.4. The number of amides is 4. The molecule has 0 aliphatic carbocycles. The van der Waals surface area contributed by atoms with E-state index in [1.54, 1.807) is 9.80 Å². The Balaban J connectivity index is 1.05. The summed E-state index contributed by atoms with van der Waals surface area (Å²) >= 11 is 0. The fourth-order valence-corrected chi connectivity index (χ4v) is 11.3. The quantitative estimate of drug-likeness (QED) is 0.0798. The number of nitrogen functional groups attached to an aromatic ring is 2. The number of ether oxygens (including phenoxy) is 3. The summed E-state index contributed by atoms with van der Waals surface area (Å²) in [5.74, 6) is -0.376. The van der Waals surface area contributed by atoms with Crippen LogP contribution in [0.2, 0.25) is 0 Å². The van der Waals surface area contributed by atoms with Crippen LogP contribution in [0.1, 0.15) is 101 Å². The van der Waals surface area contributed by atoms with Gasteiger partial charge in [-0.15, -0.1) is 0 Å². The van der Waals surface area contributed by atoms with Crippen molar-refractivity contribution < 1.29 is 43.0 Å². The van der Waals surface area contributed by atoms with Gasteiger partial charge in [0.05, 0.1) is 51.6 Å². The van der Waals surface area contributed by atoms with Crippen LogP contribution in [0, 0.1) is 11.8 Å². The second-order valence-corrected chi connectivity index (χ2v) is 20.9. The molecule has 8 rings (SSSR count). The van der Waals surface area contributed by atoms with Gasteiger partial charge in [-0.25, -0.2) is 14.6 Å². The molecule has 0 spiro atoms. The number of ketones is 2. The molecule has 18 nitrogen and oxygen atoms in total. The average Bonchev–Trinajstić information content (AvgIpc) is 4.22. The van der Waals surface area contributed by atoms with E-state index in [-0.39, 0.29) is 60.1 Å². The number of anilines is 4. The lowest BCUT2D eigenvalue weighted by Crippen LogP contribution is -2.53. The first kappa shape index (κ1) is 54.1. The molecule has 4 amide bonds. The van der Waals surface area contributed by atoms with Crippen LogP contribution in [0.25, 0.3) is 11.1 Å². The van der Waals surface area contributed by atoms with E-state index >= 15 is 0 Å². The number of alkyl carbamates (subject to hydrolysis) is 2. The lowest BCUT2D eigenvalue weighted by molar-refractivity contribution is -0.140. The van der Waals surface area contributed by atoms with Crippen molar-refractivity contribution in [1.29, 1.82) is 0 Å². The predicted octanol–water partition coefficient (Wildman–Crippen LogP) is 6.80. The Morgan fingerprint density at radius 3 is 1.59 bits per heavy atom. The first-order valence-electron chi connectivity index (χ1n) is 26.4. The molecule has 18 heteroatoms. The monoisotopic (exact) mass is 1030 g/mol. The highest BCUT2D eigenvalue weighted by Gasteiger charge is 2.41. The summed E-state index contributed by atoms with van der Waals surface area (Å²) in [7, 11) is 2.50. The van der Waals surface area contributed by atoms with E-state index < -0.39 is 36.4 Å². The molecule has 0 radical (unpaired) electrons. The van der Waals surface area contributed by atoms with Gasteiger partial charge >= 0.3 is 12.2 Å². The molecule has 3 aromatic carbocycles. The van der Waals surface area contributed by atoms with Crippen molar-refractivity contribution in [3.63, 3.8) is 0 Å². The molecule has 4 aliphatic rings. The van der Waals surface area contributed by atoms with Gasteiger partial charge in [-0.1, -0.05) is 64.1 Å². The predicted molar refractivity (Wildman–Crippen MR) is 287 cm³/mol.